The number of hydrogen-bond donors (Lipinski definition) is 0. The van der Waals surface area contributed by atoms with E-state index in [2.05, 4.69) is 53.1 Å². The minimum Gasteiger partial charge on any atom is -0.343 e. The van der Waals surface area contributed by atoms with Crippen LogP contribution in [-0.2, 0) is 10.5 Å². The molecule has 2 aliphatic rings. The van der Waals surface area contributed by atoms with E-state index in [-0.39, 0.29) is 5.54 Å². The summed E-state index contributed by atoms with van der Waals surface area (Å²) < 4.78 is 0. The van der Waals surface area contributed by atoms with Gasteiger partial charge in [-0.25, -0.2) is 0 Å². The van der Waals surface area contributed by atoms with Crippen molar-refractivity contribution in [2.24, 2.45) is 0 Å². The molecule has 2 saturated heterocycles. The second-order valence-electron chi connectivity index (χ2n) is 7.91. The molecule has 2 fully saturated rings. The summed E-state index contributed by atoms with van der Waals surface area (Å²) in [7, 11) is 4.51. The summed E-state index contributed by atoms with van der Waals surface area (Å²) in [6.45, 7) is 5.33. The molecule has 0 N–H and O–H groups in total. The minimum absolute atomic E-state index is 0.268. The fourth-order valence-corrected chi connectivity index (χ4v) is 5.20. The molecule has 2 aliphatic heterocycles. The number of rotatable bonds is 5. The zero-order chi connectivity index (χ0) is 18.4. The molecule has 0 saturated carbocycles. The van der Waals surface area contributed by atoms with Crippen molar-refractivity contribution in [1.29, 1.82) is 0 Å². The van der Waals surface area contributed by atoms with Gasteiger partial charge in [0.15, 0.2) is 0 Å². The van der Waals surface area contributed by atoms with Gasteiger partial charge in [-0.15, -0.1) is 0 Å². The molecule has 0 aromatic heterocycles. The van der Waals surface area contributed by atoms with Crippen molar-refractivity contribution < 1.29 is 4.79 Å². The number of likely N-dealkylation sites (tertiary alicyclic amines) is 1. The third kappa shape index (κ3) is 5.02. The standard InChI is InChI=1S/C21H33N3OS/c1-22-12-6-13-23(2)21(18-22)10-14-24(15-11-21)20(25)9-16-26-17-19-7-4-3-5-8-19/h3-5,7-8H,6,9-18H2,1-2H3. The number of carbonyl (C=O) groups is 1. The smallest absolute Gasteiger partial charge is 0.223 e. The van der Waals surface area contributed by atoms with Crippen LogP contribution in [0.15, 0.2) is 30.3 Å². The molecule has 0 radical (unpaired) electrons. The Bertz CT molecular complexity index is 572. The minimum atomic E-state index is 0.268. The van der Waals surface area contributed by atoms with Gasteiger partial charge < -0.3 is 9.80 Å². The Labute approximate surface area is 162 Å². The number of benzene rings is 1. The number of carbonyl (C=O) groups excluding carboxylic acids is 1. The van der Waals surface area contributed by atoms with Gasteiger partial charge in [0.2, 0.25) is 5.91 Å². The van der Waals surface area contributed by atoms with Crippen LogP contribution >= 0.6 is 11.8 Å². The summed E-state index contributed by atoms with van der Waals surface area (Å²) in [6, 6.07) is 10.5. The quantitative estimate of drug-likeness (QED) is 0.740. The highest BCUT2D eigenvalue weighted by molar-refractivity contribution is 7.98. The lowest BCUT2D eigenvalue weighted by Crippen LogP contribution is -2.58. The van der Waals surface area contributed by atoms with E-state index in [0.29, 0.717) is 12.3 Å². The SMILES string of the molecule is CN1CCCN(C)C2(CCN(C(=O)CCSCc3ccccc3)CC2)C1. The first-order valence-electron chi connectivity index (χ1n) is 9.88. The highest BCUT2D eigenvalue weighted by Crippen LogP contribution is 2.31. The van der Waals surface area contributed by atoms with Gasteiger partial charge in [-0.1, -0.05) is 30.3 Å². The molecular formula is C21H33N3OS. The molecule has 144 valence electrons. The van der Waals surface area contributed by atoms with Crippen LogP contribution in [0.2, 0.25) is 0 Å². The summed E-state index contributed by atoms with van der Waals surface area (Å²) in [6.07, 6.45) is 4.13. The third-order valence-electron chi connectivity index (χ3n) is 6.03. The summed E-state index contributed by atoms with van der Waals surface area (Å²) in [5, 5.41) is 0. The Hall–Kier alpha value is -1.04. The number of piperidine rings is 1. The zero-order valence-corrected chi connectivity index (χ0v) is 17.1. The summed E-state index contributed by atoms with van der Waals surface area (Å²) in [4.78, 5) is 19.7. The summed E-state index contributed by atoms with van der Waals surface area (Å²) in [5.41, 5.74) is 1.61. The Kier molecular flexibility index (Phi) is 7.01. The van der Waals surface area contributed by atoms with Gasteiger partial charge in [0, 0.05) is 43.1 Å². The van der Waals surface area contributed by atoms with Crippen molar-refractivity contribution >= 4 is 17.7 Å². The van der Waals surface area contributed by atoms with Gasteiger partial charge in [-0.3, -0.25) is 9.69 Å². The zero-order valence-electron chi connectivity index (χ0n) is 16.3. The topological polar surface area (TPSA) is 26.8 Å². The van der Waals surface area contributed by atoms with Gasteiger partial charge in [0.05, 0.1) is 0 Å². The molecule has 0 unspecified atom stereocenters. The molecule has 0 aliphatic carbocycles. The van der Waals surface area contributed by atoms with E-state index >= 15 is 0 Å². The van der Waals surface area contributed by atoms with Gasteiger partial charge >= 0.3 is 0 Å². The molecule has 2 heterocycles. The van der Waals surface area contributed by atoms with Crippen molar-refractivity contribution in [3.63, 3.8) is 0 Å². The van der Waals surface area contributed by atoms with E-state index in [1.165, 1.54) is 25.1 Å². The van der Waals surface area contributed by atoms with Crippen LogP contribution in [0.5, 0.6) is 0 Å². The van der Waals surface area contributed by atoms with E-state index in [1.807, 2.05) is 17.8 Å². The van der Waals surface area contributed by atoms with E-state index in [9.17, 15) is 4.79 Å². The fourth-order valence-electron chi connectivity index (χ4n) is 4.31. The van der Waals surface area contributed by atoms with Crippen LogP contribution in [0.25, 0.3) is 0 Å². The van der Waals surface area contributed by atoms with Gasteiger partial charge in [0.1, 0.15) is 0 Å². The van der Waals surface area contributed by atoms with Crippen molar-refractivity contribution in [2.45, 2.75) is 37.0 Å². The highest BCUT2D eigenvalue weighted by atomic mass is 32.2. The predicted molar refractivity (Wildman–Crippen MR) is 111 cm³/mol. The molecule has 4 nitrogen and oxygen atoms in total. The largest absolute Gasteiger partial charge is 0.343 e. The molecule has 1 aromatic carbocycles. The van der Waals surface area contributed by atoms with Crippen molar-refractivity contribution in [1.82, 2.24) is 14.7 Å². The Morgan fingerprint density at radius 1 is 1.08 bits per heavy atom. The Morgan fingerprint density at radius 2 is 1.81 bits per heavy atom. The molecule has 3 rings (SSSR count). The monoisotopic (exact) mass is 375 g/mol. The normalized spacial score (nSPS) is 21.7. The Balaban J connectivity index is 1.41. The lowest BCUT2D eigenvalue weighted by atomic mass is 9.85. The second-order valence-corrected chi connectivity index (χ2v) is 9.01. The van der Waals surface area contributed by atoms with Crippen molar-refractivity contribution in [3.05, 3.63) is 35.9 Å². The molecule has 26 heavy (non-hydrogen) atoms. The van der Waals surface area contributed by atoms with Crippen LogP contribution in [0.1, 0.15) is 31.2 Å². The average Bonchev–Trinajstić information content (AvgIpc) is 2.79. The first kappa shape index (κ1) is 19.7. The average molecular weight is 376 g/mol. The van der Waals surface area contributed by atoms with Crippen molar-refractivity contribution in [2.75, 3.05) is 52.6 Å². The van der Waals surface area contributed by atoms with E-state index < -0.39 is 0 Å². The molecule has 0 bridgehead atoms. The lowest BCUT2D eigenvalue weighted by Gasteiger charge is -2.47. The molecule has 5 heteroatoms. The highest BCUT2D eigenvalue weighted by Gasteiger charge is 2.40. The predicted octanol–water partition coefficient (Wildman–Crippen LogP) is 2.94. The van der Waals surface area contributed by atoms with Gasteiger partial charge in [-0.05, 0) is 52.0 Å². The van der Waals surface area contributed by atoms with E-state index in [0.717, 1.165) is 44.0 Å². The first-order valence-corrected chi connectivity index (χ1v) is 11.0. The third-order valence-corrected chi connectivity index (χ3v) is 7.06. The van der Waals surface area contributed by atoms with Crippen LogP contribution < -0.4 is 0 Å². The van der Waals surface area contributed by atoms with E-state index in [4.69, 9.17) is 0 Å². The van der Waals surface area contributed by atoms with E-state index in [1.54, 1.807) is 0 Å². The number of hydrogen-bond acceptors (Lipinski definition) is 4. The lowest BCUT2D eigenvalue weighted by molar-refractivity contribution is -0.133. The van der Waals surface area contributed by atoms with Crippen molar-refractivity contribution in [3.8, 4) is 0 Å². The van der Waals surface area contributed by atoms with Crippen LogP contribution in [-0.4, -0.2) is 78.7 Å². The number of nitrogens with zero attached hydrogens (tertiary/aromatic N) is 3. The maximum atomic E-state index is 12.6. The summed E-state index contributed by atoms with van der Waals surface area (Å²) >= 11 is 1.86. The maximum Gasteiger partial charge on any atom is 0.223 e. The van der Waals surface area contributed by atoms with Crippen LogP contribution in [0.3, 0.4) is 0 Å². The molecule has 1 amide bonds. The Morgan fingerprint density at radius 3 is 2.54 bits per heavy atom. The molecule has 1 aromatic rings. The first-order chi connectivity index (χ1) is 12.6. The van der Waals surface area contributed by atoms with Gasteiger partial charge in [-0.2, -0.15) is 11.8 Å². The molecular weight excluding hydrogens is 342 g/mol. The van der Waals surface area contributed by atoms with Crippen LogP contribution in [0, 0.1) is 0 Å². The molecule has 0 atom stereocenters. The summed E-state index contributed by atoms with van der Waals surface area (Å²) in [5.74, 6) is 2.25. The van der Waals surface area contributed by atoms with Gasteiger partial charge in [0.25, 0.3) is 0 Å². The number of thioether (sulfide) groups is 1. The number of amides is 1. The maximum absolute atomic E-state index is 12.6. The van der Waals surface area contributed by atoms with Crippen LogP contribution in [0.4, 0.5) is 0 Å². The second kappa shape index (κ2) is 9.25. The molecule has 1 spiro atoms. The fraction of sp³-hybridized carbons (Fsp3) is 0.667. The number of likely N-dealkylation sites (N-methyl/N-ethyl adjacent to an activating group) is 2.